The smallest absolute Gasteiger partial charge is 0.112 e. The lowest BCUT2D eigenvalue weighted by Crippen LogP contribution is -2.84. The Bertz CT molecular complexity index is 273. The standard InChI is InChI=1S/C12H16ClN/c13-11-7-5-10(6-8-11)12-4-2-1-3-9-14-12/h5-8,12,14H,1-4,9H2/p+1/t12-/m0/s1. The first-order chi connectivity index (χ1) is 6.86. The highest BCUT2D eigenvalue weighted by Gasteiger charge is 2.16. The molecule has 1 heterocycles. The second-order valence-corrected chi connectivity index (χ2v) is 4.47. The molecular weight excluding hydrogens is 194 g/mol. The van der Waals surface area contributed by atoms with Crippen molar-refractivity contribution in [2.75, 3.05) is 6.54 Å². The van der Waals surface area contributed by atoms with Crippen LogP contribution in [0.1, 0.15) is 37.3 Å². The summed E-state index contributed by atoms with van der Waals surface area (Å²) in [4.78, 5) is 0. The Balaban J connectivity index is 2.08. The lowest BCUT2D eigenvalue weighted by molar-refractivity contribution is -0.694. The van der Waals surface area contributed by atoms with Gasteiger partial charge in [-0.05, 0) is 31.4 Å². The zero-order valence-corrected chi connectivity index (χ0v) is 9.13. The lowest BCUT2D eigenvalue weighted by Gasteiger charge is -2.12. The van der Waals surface area contributed by atoms with Crippen LogP contribution in [-0.2, 0) is 0 Å². The molecule has 0 amide bonds. The molecule has 1 aromatic carbocycles. The number of nitrogens with two attached hydrogens (primary N) is 1. The maximum absolute atomic E-state index is 5.87. The molecule has 0 bridgehead atoms. The minimum Gasteiger partial charge on any atom is -0.340 e. The monoisotopic (exact) mass is 210 g/mol. The molecule has 0 aliphatic carbocycles. The van der Waals surface area contributed by atoms with Crippen LogP contribution in [0.25, 0.3) is 0 Å². The van der Waals surface area contributed by atoms with Crippen LogP contribution in [0.5, 0.6) is 0 Å². The van der Waals surface area contributed by atoms with Gasteiger partial charge in [-0.2, -0.15) is 0 Å². The molecule has 1 atom stereocenters. The van der Waals surface area contributed by atoms with Crippen LogP contribution < -0.4 is 5.32 Å². The van der Waals surface area contributed by atoms with Crippen molar-refractivity contribution in [2.45, 2.75) is 31.7 Å². The highest BCUT2D eigenvalue weighted by atomic mass is 35.5. The first-order valence-electron chi connectivity index (χ1n) is 5.45. The number of benzene rings is 1. The summed E-state index contributed by atoms with van der Waals surface area (Å²) in [5.41, 5.74) is 1.43. The van der Waals surface area contributed by atoms with Gasteiger partial charge in [0.15, 0.2) is 0 Å². The summed E-state index contributed by atoms with van der Waals surface area (Å²) in [7, 11) is 0. The minimum absolute atomic E-state index is 0.662. The normalized spacial score (nSPS) is 23.1. The van der Waals surface area contributed by atoms with E-state index < -0.39 is 0 Å². The quantitative estimate of drug-likeness (QED) is 0.734. The summed E-state index contributed by atoms with van der Waals surface area (Å²) >= 11 is 5.87. The molecule has 0 radical (unpaired) electrons. The molecule has 0 spiro atoms. The van der Waals surface area contributed by atoms with Crippen molar-refractivity contribution < 1.29 is 5.32 Å². The van der Waals surface area contributed by atoms with Crippen LogP contribution in [0, 0.1) is 0 Å². The fourth-order valence-electron chi connectivity index (χ4n) is 2.13. The first kappa shape index (κ1) is 10.0. The SMILES string of the molecule is Clc1ccc([C@@H]2CCCCC[NH2+]2)cc1. The van der Waals surface area contributed by atoms with Gasteiger partial charge < -0.3 is 5.32 Å². The lowest BCUT2D eigenvalue weighted by atomic mass is 10.0. The Labute approximate surface area is 90.5 Å². The first-order valence-corrected chi connectivity index (χ1v) is 5.83. The van der Waals surface area contributed by atoms with Crippen molar-refractivity contribution in [1.29, 1.82) is 0 Å². The Hall–Kier alpha value is -0.530. The average Bonchev–Trinajstić information content (AvgIpc) is 2.47. The summed E-state index contributed by atoms with van der Waals surface area (Å²) in [6, 6.07) is 8.98. The molecule has 2 rings (SSSR count). The van der Waals surface area contributed by atoms with E-state index in [0.717, 1.165) is 5.02 Å². The predicted octanol–water partition coefficient (Wildman–Crippen LogP) is 2.52. The zero-order chi connectivity index (χ0) is 9.80. The maximum atomic E-state index is 5.87. The van der Waals surface area contributed by atoms with Crippen LogP contribution in [0.3, 0.4) is 0 Å². The van der Waals surface area contributed by atoms with Crippen LogP contribution in [0.2, 0.25) is 5.02 Å². The van der Waals surface area contributed by atoms with E-state index in [0.29, 0.717) is 6.04 Å². The molecule has 1 aromatic rings. The van der Waals surface area contributed by atoms with Gasteiger partial charge in [-0.3, -0.25) is 0 Å². The third-order valence-corrected chi connectivity index (χ3v) is 3.22. The second kappa shape index (κ2) is 4.81. The van der Waals surface area contributed by atoms with Crippen molar-refractivity contribution >= 4 is 11.6 Å². The number of hydrogen-bond acceptors (Lipinski definition) is 0. The van der Waals surface area contributed by atoms with Gasteiger partial charge in [0.2, 0.25) is 0 Å². The fourth-order valence-corrected chi connectivity index (χ4v) is 2.26. The third-order valence-electron chi connectivity index (χ3n) is 2.97. The molecule has 1 aliphatic rings. The molecule has 1 nitrogen and oxygen atoms in total. The molecular formula is C12H17ClN+. The van der Waals surface area contributed by atoms with Gasteiger partial charge in [-0.15, -0.1) is 0 Å². The second-order valence-electron chi connectivity index (χ2n) is 4.03. The summed E-state index contributed by atoms with van der Waals surface area (Å²) < 4.78 is 0. The Morgan fingerprint density at radius 2 is 1.86 bits per heavy atom. The minimum atomic E-state index is 0.662. The van der Waals surface area contributed by atoms with Crippen molar-refractivity contribution in [3.05, 3.63) is 34.9 Å². The van der Waals surface area contributed by atoms with Gasteiger partial charge >= 0.3 is 0 Å². The van der Waals surface area contributed by atoms with Gasteiger partial charge in [0.05, 0.1) is 6.54 Å². The highest BCUT2D eigenvalue weighted by Crippen LogP contribution is 2.19. The molecule has 1 fully saturated rings. The third kappa shape index (κ3) is 2.49. The molecule has 0 saturated carbocycles. The van der Waals surface area contributed by atoms with Crippen molar-refractivity contribution in [3.8, 4) is 0 Å². The fraction of sp³-hybridized carbons (Fsp3) is 0.500. The molecule has 1 saturated heterocycles. The molecule has 2 N–H and O–H groups in total. The van der Waals surface area contributed by atoms with Crippen LogP contribution >= 0.6 is 11.6 Å². The van der Waals surface area contributed by atoms with E-state index in [9.17, 15) is 0 Å². The van der Waals surface area contributed by atoms with Gasteiger partial charge in [-0.1, -0.05) is 23.7 Å². The highest BCUT2D eigenvalue weighted by molar-refractivity contribution is 6.30. The topological polar surface area (TPSA) is 16.6 Å². The number of hydrogen-bond donors (Lipinski definition) is 1. The van der Waals surface area contributed by atoms with Gasteiger partial charge in [0.25, 0.3) is 0 Å². The largest absolute Gasteiger partial charge is 0.340 e. The van der Waals surface area contributed by atoms with Crippen LogP contribution in [-0.4, -0.2) is 6.54 Å². The number of halogens is 1. The Kier molecular flexibility index (Phi) is 3.44. The number of rotatable bonds is 1. The molecule has 1 aliphatic heterocycles. The Morgan fingerprint density at radius 3 is 2.64 bits per heavy atom. The summed E-state index contributed by atoms with van der Waals surface area (Å²) in [6.45, 7) is 1.27. The molecule has 14 heavy (non-hydrogen) atoms. The van der Waals surface area contributed by atoms with Gasteiger partial charge in [0, 0.05) is 17.0 Å². The van der Waals surface area contributed by atoms with Gasteiger partial charge in [-0.25, -0.2) is 0 Å². The van der Waals surface area contributed by atoms with E-state index in [-0.39, 0.29) is 0 Å². The van der Waals surface area contributed by atoms with E-state index in [4.69, 9.17) is 11.6 Å². The summed E-state index contributed by atoms with van der Waals surface area (Å²) in [5.74, 6) is 0. The predicted molar refractivity (Wildman–Crippen MR) is 59.5 cm³/mol. The van der Waals surface area contributed by atoms with Crippen molar-refractivity contribution in [3.63, 3.8) is 0 Å². The molecule has 0 aromatic heterocycles. The van der Waals surface area contributed by atoms with E-state index in [1.165, 1.54) is 37.8 Å². The van der Waals surface area contributed by atoms with E-state index in [1.54, 1.807) is 0 Å². The molecule has 2 heteroatoms. The Morgan fingerprint density at radius 1 is 1.07 bits per heavy atom. The summed E-state index contributed by atoms with van der Waals surface area (Å²) in [6.07, 6.45) is 5.43. The van der Waals surface area contributed by atoms with Crippen molar-refractivity contribution in [2.24, 2.45) is 0 Å². The van der Waals surface area contributed by atoms with Gasteiger partial charge in [0.1, 0.15) is 6.04 Å². The maximum Gasteiger partial charge on any atom is 0.112 e. The average molecular weight is 211 g/mol. The van der Waals surface area contributed by atoms with E-state index in [1.807, 2.05) is 12.1 Å². The molecule has 76 valence electrons. The van der Waals surface area contributed by atoms with E-state index in [2.05, 4.69) is 17.4 Å². The number of quaternary nitrogens is 1. The molecule has 0 unspecified atom stereocenters. The van der Waals surface area contributed by atoms with Crippen LogP contribution in [0.15, 0.2) is 24.3 Å². The van der Waals surface area contributed by atoms with Crippen LogP contribution in [0.4, 0.5) is 0 Å². The van der Waals surface area contributed by atoms with Crippen molar-refractivity contribution in [1.82, 2.24) is 0 Å². The van der Waals surface area contributed by atoms with E-state index >= 15 is 0 Å². The summed E-state index contributed by atoms with van der Waals surface area (Å²) in [5, 5.41) is 3.30. The zero-order valence-electron chi connectivity index (χ0n) is 8.38.